The lowest BCUT2D eigenvalue weighted by Gasteiger charge is -2.30. The Morgan fingerprint density at radius 1 is 1.14 bits per heavy atom. The summed E-state index contributed by atoms with van der Waals surface area (Å²) in [6.07, 6.45) is -1.24. The zero-order valence-electron chi connectivity index (χ0n) is 22.5. The summed E-state index contributed by atoms with van der Waals surface area (Å²) >= 11 is 0. The Kier molecular flexibility index (Phi) is 9.04. The molecule has 1 atom stereocenters. The number of nitrogens with one attached hydrogen (secondary N) is 1. The zero-order valence-corrected chi connectivity index (χ0v) is 22.5. The van der Waals surface area contributed by atoms with Gasteiger partial charge in [-0.3, -0.25) is 4.79 Å². The van der Waals surface area contributed by atoms with E-state index in [0.717, 1.165) is 25.3 Å². The molecule has 3 aromatic rings. The third-order valence-electron chi connectivity index (χ3n) is 6.94. The van der Waals surface area contributed by atoms with Crippen LogP contribution < -0.4 is 22.5 Å². The number of aromatic nitrogens is 1. The maximum absolute atomic E-state index is 15.0. The second-order valence-corrected chi connectivity index (χ2v) is 10.1. The van der Waals surface area contributed by atoms with Gasteiger partial charge in [-0.25, -0.2) is 14.4 Å². The number of pyridine rings is 1. The van der Waals surface area contributed by atoms with Crippen molar-refractivity contribution in [2.24, 2.45) is 28.1 Å². The Balaban J connectivity index is 1.73. The van der Waals surface area contributed by atoms with E-state index in [1.807, 2.05) is 6.07 Å². The lowest BCUT2D eigenvalue weighted by molar-refractivity contribution is -0.110. The van der Waals surface area contributed by atoms with Crippen molar-refractivity contribution >= 4 is 23.0 Å². The van der Waals surface area contributed by atoms with Crippen LogP contribution in [0.1, 0.15) is 48.2 Å². The Morgan fingerprint density at radius 3 is 2.55 bits per heavy atom. The van der Waals surface area contributed by atoms with E-state index in [-0.39, 0.29) is 23.6 Å². The maximum Gasteiger partial charge on any atom is 0.430 e. The molecule has 4 rings (SSSR count). The largest absolute Gasteiger partial charge is 0.430 e. The lowest BCUT2D eigenvalue weighted by atomic mass is 9.82. The molecule has 12 heteroatoms. The van der Waals surface area contributed by atoms with Crippen LogP contribution in [0.3, 0.4) is 0 Å². The minimum atomic E-state index is -4.93. The average molecular weight is 580 g/mol. The number of amides is 1. The first kappa shape index (κ1) is 30.4. The molecule has 0 saturated heterocycles. The molecule has 1 unspecified atom stereocenters. The maximum atomic E-state index is 15.0. The molecular weight excluding hydrogens is 550 g/mol. The van der Waals surface area contributed by atoms with E-state index in [1.165, 1.54) is 30.3 Å². The first-order chi connectivity index (χ1) is 19.9. The monoisotopic (exact) mass is 579 g/mol. The number of halogens is 4. The van der Waals surface area contributed by atoms with Crippen molar-refractivity contribution < 1.29 is 22.4 Å². The quantitative estimate of drug-likeness (QED) is 0.194. The van der Waals surface area contributed by atoms with Crippen molar-refractivity contribution in [1.29, 1.82) is 5.26 Å². The lowest BCUT2D eigenvalue weighted by Crippen LogP contribution is -2.39. The number of benzene rings is 2. The zero-order chi connectivity index (χ0) is 30.5. The van der Waals surface area contributed by atoms with Gasteiger partial charge in [0.25, 0.3) is 5.91 Å². The molecule has 1 heterocycles. The minimum absolute atomic E-state index is 0.136. The predicted octanol–water partition coefficient (Wildman–Crippen LogP) is 5.06. The summed E-state index contributed by atoms with van der Waals surface area (Å²) in [4.78, 5) is 21.7. The molecule has 42 heavy (non-hydrogen) atoms. The van der Waals surface area contributed by atoms with E-state index in [0.29, 0.717) is 35.2 Å². The van der Waals surface area contributed by atoms with Crippen LogP contribution in [-0.4, -0.2) is 22.8 Å². The summed E-state index contributed by atoms with van der Waals surface area (Å²) in [6.45, 7) is 0.136. The number of carbonyl (C=O) groups excluding carboxylic acids is 1. The van der Waals surface area contributed by atoms with Crippen LogP contribution in [0.25, 0.3) is 0 Å². The van der Waals surface area contributed by atoms with Gasteiger partial charge in [0.15, 0.2) is 0 Å². The van der Waals surface area contributed by atoms with Crippen LogP contribution in [0.5, 0.6) is 0 Å². The van der Waals surface area contributed by atoms with E-state index in [4.69, 9.17) is 17.2 Å². The summed E-state index contributed by atoms with van der Waals surface area (Å²) in [5.41, 5.74) is 15.6. The van der Waals surface area contributed by atoms with Gasteiger partial charge in [0.05, 0.1) is 22.6 Å². The molecule has 7 N–H and O–H groups in total. The topological polar surface area (TPSA) is 156 Å². The van der Waals surface area contributed by atoms with E-state index in [2.05, 4.69) is 15.3 Å². The van der Waals surface area contributed by atoms with Crippen molar-refractivity contribution in [3.05, 3.63) is 101 Å². The van der Waals surface area contributed by atoms with Crippen LogP contribution in [-0.2, 0) is 16.9 Å². The highest BCUT2D eigenvalue weighted by Gasteiger charge is 2.35. The van der Waals surface area contributed by atoms with Gasteiger partial charge in [0.1, 0.15) is 29.0 Å². The highest BCUT2D eigenvalue weighted by Crippen LogP contribution is 2.40. The average Bonchev–Trinajstić information content (AvgIpc) is 3.81. The third kappa shape index (κ3) is 7.37. The number of anilines is 1. The molecular formula is C30H29F4N7O. The molecule has 0 aliphatic heterocycles. The highest BCUT2D eigenvalue weighted by molar-refractivity contribution is 6.47. The van der Waals surface area contributed by atoms with Crippen LogP contribution in [0, 0.1) is 23.1 Å². The smallest absolute Gasteiger partial charge is 0.395 e. The fourth-order valence-corrected chi connectivity index (χ4v) is 4.36. The van der Waals surface area contributed by atoms with Gasteiger partial charge in [-0.15, -0.1) is 0 Å². The number of allylic oxidation sites excluding steroid dienone is 1. The molecule has 1 amide bonds. The van der Waals surface area contributed by atoms with Crippen LogP contribution in [0.15, 0.2) is 77.4 Å². The highest BCUT2D eigenvalue weighted by atomic mass is 19.4. The standard InChI is InChI=1S/C30H29F4N7O/c31-23-10-9-20(29(38,12-11-18-7-8-18)27-6-2-5-22(17-36)40-27)14-24(23)41-28(42)25(15-26(37)30(32,33)34)39-21-4-1-3-19(13-21)16-35/h1-6,9-10,13-15,18H,7-8,11-12,16,35,37-38H2,(H,41,42). The summed E-state index contributed by atoms with van der Waals surface area (Å²) < 4.78 is 54.8. The molecule has 0 spiro atoms. The van der Waals surface area contributed by atoms with Crippen LogP contribution >= 0.6 is 0 Å². The van der Waals surface area contributed by atoms with Gasteiger partial charge in [-0.05, 0) is 72.4 Å². The van der Waals surface area contributed by atoms with Crippen molar-refractivity contribution in [1.82, 2.24) is 4.98 Å². The van der Waals surface area contributed by atoms with E-state index >= 15 is 4.39 Å². The van der Waals surface area contributed by atoms with Crippen molar-refractivity contribution in [2.45, 2.75) is 43.9 Å². The number of hydrogen-bond acceptors (Lipinski definition) is 7. The predicted molar refractivity (Wildman–Crippen MR) is 151 cm³/mol. The number of nitrogens with zero attached hydrogens (tertiary/aromatic N) is 3. The first-order valence-electron chi connectivity index (χ1n) is 13.1. The molecule has 1 saturated carbocycles. The van der Waals surface area contributed by atoms with E-state index in [1.54, 1.807) is 24.3 Å². The first-order valence-corrected chi connectivity index (χ1v) is 13.1. The summed E-state index contributed by atoms with van der Waals surface area (Å²) in [7, 11) is 0. The minimum Gasteiger partial charge on any atom is -0.395 e. The number of nitrogens with two attached hydrogens (primary N) is 3. The normalized spacial score (nSPS) is 15.5. The molecule has 1 aromatic heterocycles. The van der Waals surface area contributed by atoms with Crippen LogP contribution in [0.2, 0.25) is 0 Å². The van der Waals surface area contributed by atoms with Gasteiger partial charge in [0, 0.05) is 6.54 Å². The number of carbonyl (C=O) groups is 1. The second-order valence-electron chi connectivity index (χ2n) is 10.1. The number of rotatable bonds is 10. The van der Waals surface area contributed by atoms with Gasteiger partial charge in [0.2, 0.25) is 0 Å². The van der Waals surface area contributed by atoms with Crippen molar-refractivity contribution in [3.63, 3.8) is 0 Å². The molecule has 1 aliphatic rings. The number of aliphatic imine (C=N–C) groups is 1. The summed E-state index contributed by atoms with van der Waals surface area (Å²) in [5.74, 6) is -1.50. The number of nitriles is 1. The van der Waals surface area contributed by atoms with Gasteiger partial charge in [-0.1, -0.05) is 37.1 Å². The molecule has 8 nitrogen and oxygen atoms in total. The Hall–Kier alpha value is -4.60. The second kappa shape index (κ2) is 12.5. The fourth-order valence-electron chi connectivity index (χ4n) is 4.36. The Bertz CT molecular complexity index is 1570. The molecule has 1 fully saturated rings. The molecule has 0 bridgehead atoms. The summed E-state index contributed by atoms with van der Waals surface area (Å²) in [5, 5.41) is 11.7. The fraction of sp³-hybridized carbons (Fsp3) is 0.267. The van der Waals surface area contributed by atoms with Crippen molar-refractivity contribution in [2.75, 3.05) is 5.32 Å². The Morgan fingerprint density at radius 2 is 1.88 bits per heavy atom. The Labute approximate surface area is 239 Å². The molecule has 2 aromatic carbocycles. The van der Waals surface area contributed by atoms with Crippen LogP contribution in [0.4, 0.5) is 28.9 Å². The molecule has 0 radical (unpaired) electrons. The van der Waals surface area contributed by atoms with Gasteiger partial charge in [-0.2, -0.15) is 18.4 Å². The summed E-state index contributed by atoms with van der Waals surface area (Å²) in [6, 6.07) is 16.9. The SMILES string of the molecule is N#Cc1cccc(C(N)(CCC2CC2)c2ccc(F)c(NC(=O)C(C=C(N)C(F)(F)F)=Nc3cccc(CN)c3)c2)n1. The number of alkyl halides is 3. The van der Waals surface area contributed by atoms with E-state index in [9.17, 15) is 23.2 Å². The third-order valence-corrected chi connectivity index (χ3v) is 6.94. The van der Waals surface area contributed by atoms with Crippen molar-refractivity contribution in [3.8, 4) is 6.07 Å². The molecule has 218 valence electrons. The number of hydrogen-bond donors (Lipinski definition) is 4. The molecule has 1 aliphatic carbocycles. The van der Waals surface area contributed by atoms with E-state index < -0.39 is 34.8 Å². The van der Waals surface area contributed by atoms with Gasteiger partial charge >= 0.3 is 6.18 Å². The van der Waals surface area contributed by atoms with Gasteiger partial charge < -0.3 is 22.5 Å².